The summed E-state index contributed by atoms with van der Waals surface area (Å²) in [5, 5.41) is 20.7. The lowest BCUT2D eigenvalue weighted by molar-refractivity contribution is -0.176. The molecule has 4 saturated carbocycles. The van der Waals surface area contributed by atoms with Gasteiger partial charge in [0.25, 0.3) is 0 Å². The standard InChI is InChI=1S/C25H42O5/c1-5-29-14-23(30-6-2)18-8-7-16-15-11-20(26)19-12-21(27)22(28)13-25(19,4)17(15)9-10-24(16,18)3/h15-19,21-23,27-28H,5-14H2,1-4H3/t15-,16-,17-,18+,19?,21-,22+,23-,24-,25+/m0/s1. The van der Waals surface area contributed by atoms with Crippen LogP contribution in [-0.2, 0) is 14.3 Å². The van der Waals surface area contributed by atoms with Gasteiger partial charge in [0.15, 0.2) is 0 Å². The van der Waals surface area contributed by atoms with E-state index in [1.54, 1.807) is 0 Å². The molecule has 1 unspecified atom stereocenters. The third-order valence-electron chi connectivity index (χ3n) is 9.87. The Morgan fingerprint density at radius 2 is 1.77 bits per heavy atom. The quantitative estimate of drug-likeness (QED) is 0.684. The number of carbonyl (C=O) groups excluding carboxylic acids is 1. The van der Waals surface area contributed by atoms with Gasteiger partial charge in [-0.2, -0.15) is 0 Å². The largest absolute Gasteiger partial charge is 0.390 e. The van der Waals surface area contributed by atoms with E-state index in [-0.39, 0.29) is 22.9 Å². The minimum absolute atomic E-state index is 0.0900. The smallest absolute Gasteiger partial charge is 0.136 e. The first-order valence-electron chi connectivity index (χ1n) is 12.3. The van der Waals surface area contributed by atoms with Crippen LogP contribution in [0.25, 0.3) is 0 Å². The Morgan fingerprint density at radius 1 is 1.03 bits per heavy atom. The average Bonchev–Trinajstić information content (AvgIpc) is 3.05. The highest BCUT2D eigenvalue weighted by molar-refractivity contribution is 5.83. The number of fused-ring (bicyclic) bond motifs is 5. The number of rotatable bonds is 6. The molecule has 5 nitrogen and oxygen atoms in total. The number of Topliss-reactive ketones (excluding diaryl/α,β-unsaturated/α-hetero) is 1. The van der Waals surface area contributed by atoms with Crippen LogP contribution in [0.4, 0.5) is 0 Å². The number of hydrogen-bond acceptors (Lipinski definition) is 5. The Balaban J connectivity index is 1.59. The predicted octanol–water partition coefficient (Wildman–Crippen LogP) is 3.60. The molecule has 0 spiro atoms. The molecular weight excluding hydrogens is 380 g/mol. The van der Waals surface area contributed by atoms with Crippen LogP contribution in [0.1, 0.15) is 72.6 Å². The van der Waals surface area contributed by atoms with Crippen LogP contribution in [0.3, 0.4) is 0 Å². The molecule has 172 valence electrons. The van der Waals surface area contributed by atoms with Crippen molar-refractivity contribution >= 4 is 5.78 Å². The van der Waals surface area contributed by atoms with E-state index in [9.17, 15) is 15.0 Å². The topological polar surface area (TPSA) is 76.0 Å². The number of ether oxygens (including phenoxy) is 2. The monoisotopic (exact) mass is 422 g/mol. The molecule has 4 aliphatic rings. The van der Waals surface area contributed by atoms with E-state index in [0.717, 1.165) is 25.7 Å². The molecule has 0 aromatic heterocycles. The Kier molecular flexibility index (Phi) is 6.40. The number of carbonyl (C=O) groups is 1. The van der Waals surface area contributed by atoms with Crippen LogP contribution in [0.2, 0.25) is 0 Å². The SMILES string of the molecule is CCOC[C@H](OCC)[C@H]1CC[C@H]2[C@@H]3CC(=O)C4C[C@H](O)[C@H](O)C[C@]4(C)[C@H]3CC[C@]12C. The highest BCUT2D eigenvalue weighted by Crippen LogP contribution is 2.67. The first kappa shape index (κ1) is 22.7. The van der Waals surface area contributed by atoms with Crippen LogP contribution in [0, 0.1) is 40.4 Å². The summed E-state index contributed by atoms with van der Waals surface area (Å²) in [5.41, 5.74) is 0.0110. The maximum absolute atomic E-state index is 13.3. The third-order valence-corrected chi connectivity index (χ3v) is 9.87. The summed E-state index contributed by atoms with van der Waals surface area (Å²) in [6.45, 7) is 10.9. The van der Waals surface area contributed by atoms with E-state index >= 15 is 0 Å². The summed E-state index contributed by atoms with van der Waals surface area (Å²) in [6, 6.07) is 0. The number of aliphatic hydroxyl groups is 2. The average molecular weight is 423 g/mol. The fourth-order valence-electron chi connectivity index (χ4n) is 8.45. The zero-order valence-corrected chi connectivity index (χ0v) is 19.3. The van der Waals surface area contributed by atoms with Crippen molar-refractivity contribution in [1.29, 1.82) is 0 Å². The van der Waals surface area contributed by atoms with Gasteiger partial charge in [0.05, 0.1) is 24.9 Å². The lowest BCUT2D eigenvalue weighted by Gasteiger charge is -2.60. The van der Waals surface area contributed by atoms with Crippen LogP contribution in [0.15, 0.2) is 0 Å². The van der Waals surface area contributed by atoms with Gasteiger partial charge >= 0.3 is 0 Å². The molecule has 0 amide bonds. The lowest BCUT2D eigenvalue weighted by atomic mass is 9.44. The molecule has 2 N–H and O–H groups in total. The van der Waals surface area contributed by atoms with Crippen molar-refractivity contribution in [3.05, 3.63) is 0 Å². The number of ketones is 1. The molecule has 5 heteroatoms. The fraction of sp³-hybridized carbons (Fsp3) is 0.960. The maximum Gasteiger partial charge on any atom is 0.136 e. The van der Waals surface area contributed by atoms with Crippen molar-refractivity contribution in [3.63, 3.8) is 0 Å². The highest BCUT2D eigenvalue weighted by atomic mass is 16.5. The molecule has 0 aromatic rings. The van der Waals surface area contributed by atoms with E-state index in [1.807, 2.05) is 6.92 Å². The summed E-state index contributed by atoms with van der Waals surface area (Å²) >= 11 is 0. The van der Waals surface area contributed by atoms with Gasteiger partial charge in [-0.15, -0.1) is 0 Å². The van der Waals surface area contributed by atoms with Gasteiger partial charge in [-0.05, 0) is 86.9 Å². The Hall–Kier alpha value is -0.490. The molecule has 0 saturated heterocycles. The van der Waals surface area contributed by atoms with Gasteiger partial charge < -0.3 is 19.7 Å². The van der Waals surface area contributed by atoms with E-state index in [2.05, 4.69) is 20.8 Å². The Morgan fingerprint density at radius 3 is 2.47 bits per heavy atom. The first-order valence-corrected chi connectivity index (χ1v) is 12.3. The predicted molar refractivity (Wildman–Crippen MR) is 115 cm³/mol. The van der Waals surface area contributed by atoms with Crippen molar-refractivity contribution in [3.8, 4) is 0 Å². The van der Waals surface area contributed by atoms with Crippen molar-refractivity contribution in [2.24, 2.45) is 40.4 Å². The second-order valence-electron chi connectivity index (χ2n) is 11.1. The van der Waals surface area contributed by atoms with Crippen LogP contribution < -0.4 is 0 Å². The number of hydrogen-bond donors (Lipinski definition) is 2. The van der Waals surface area contributed by atoms with E-state index < -0.39 is 12.2 Å². The molecule has 0 heterocycles. The molecule has 4 fully saturated rings. The second kappa shape index (κ2) is 8.46. The van der Waals surface area contributed by atoms with Crippen LogP contribution in [-0.4, -0.2) is 54.1 Å². The summed E-state index contributed by atoms with van der Waals surface area (Å²) < 4.78 is 12.0. The van der Waals surface area contributed by atoms with Crippen molar-refractivity contribution in [2.75, 3.05) is 19.8 Å². The summed E-state index contributed by atoms with van der Waals surface area (Å²) in [5.74, 6) is 2.13. The van der Waals surface area contributed by atoms with Crippen LogP contribution >= 0.6 is 0 Å². The van der Waals surface area contributed by atoms with Gasteiger partial charge in [0.1, 0.15) is 5.78 Å². The third kappa shape index (κ3) is 3.48. The second-order valence-corrected chi connectivity index (χ2v) is 11.1. The molecule has 4 rings (SSSR count). The van der Waals surface area contributed by atoms with E-state index in [4.69, 9.17) is 9.47 Å². The maximum atomic E-state index is 13.3. The van der Waals surface area contributed by atoms with Gasteiger partial charge in [-0.1, -0.05) is 13.8 Å². The molecule has 4 aliphatic carbocycles. The molecular formula is C25H42O5. The first-order chi connectivity index (χ1) is 14.3. The Bertz CT molecular complexity index is 637. The molecule has 0 aliphatic heterocycles. The van der Waals surface area contributed by atoms with Crippen molar-refractivity contribution in [1.82, 2.24) is 0 Å². The molecule has 0 bridgehead atoms. The van der Waals surface area contributed by atoms with Crippen molar-refractivity contribution < 1.29 is 24.5 Å². The van der Waals surface area contributed by atoms with Crippen molar-refractivity contribution in [2.45, 2.75) is 91.0 Å². The van der Waals surface area contributed by atoms with Gasteiger partial charge in [0.2, 0.25) is 0 Å². The fourth-order valence-corrected chi connectivity index (χ4v) is 8.45. The summed E-state index contributed by atoms with van der Waals surface area (Å²) in [6.07, 6.45) is 4.93. The minimum Gasteiger partial charge on any atom is -0.390 e. The molecule has 0 aromatic carbocycles. The summed E-state index contributed by atoms with van der Waals surface area (Å²) in [7, 11) is 0. The number of aliphatic hydroxyl groups excluding tert-OH is 2. The Labute approximate surface area is 181 Å². The van der Waals surface area contributed by atoms with Gasteiger partial charge in [0, 0.05) is 25.6 Å². The van der Waals surface area contributed by atoms with E-state index in [0.29, 0.717) is 68.5 Å². The summed E-state index contributed by atoms with van der Waals surface area (Å²) in [4.78, 5) is 13.3. The zero-order valence-electron chi connectivity index (χ0n) is 19.3. The molecule has 30 heavy (non-hydrogen) atoms. The normalized spacial score (nSPS) is 49.3. The molecule has 10 atom stereocenters. The molecule has 0 radical (unpaired) electrons. The minimum atomic E-state index is -0.751. The zero-order chi connectivity index (χ0) is 21.7. The van der Waals surface area contributed by atoms with Crippen LogP contribution in [0.5, 0.6) is 0 Å². The van der Waals surface area contributed by atoms with Gasteiger partial charge in [-0.3, -0.25) is 4.79 Å². The lowest BCUT2D eigenvalue weighted by Crippen LogP contribution is -2.59. The van der Waals surface area contributed by atoms with Gasteiger partial charge in [-0.25, -0.2) is 0 Å². The highest BCUT2D eigenvalue weighted by Gasteiger charge is 2.63. The van der Waals surface area contributed by atoms with E-state index in [1.165, 1.54) is 0 Å².